The van der Waals surface area contributed by atoms with Gasteiger partial charge in [-0.05, 0) is 60.8 Å². The quantitative estimate of drug-likeness (QED) is 0.294. The lowest BCUT2D eigenvalue weighted by atomic mass is 10.1. The number of unbranched alkanes of at least 4 members (excludes halogenated alkanes) is 1. The van der Waals surface area contributed by atoms with Crippen LogP contribution >= 0.6 is 0 Å². The van der Waals surface area contributed by atoms with Crippen LogP contribution in [0.15, 0.2) is 0 Å². The lowest BCUT2D eigenvalue weighted by Crippen LogP contribution is -2.45. The van der Waals surface area contributed by atoms with Crippen molar-refractivity contribution in [1.82, 2.24) is 10.6 Å². The topological polar surface area (TPSA) is 143 Å². The number of rotatable bonds is 8. The Kier molecular flexibility index (Phi) is 9.26. The van der Waals surface area contributed by atoms with Gasteiger partial charge < -0.3 is 25.2 Å². The van der Waals surface area contributed by atoms with Crippen LogP contribution in [0.1, 0.15) is 73.6 Å². The lowest BCUT2D eigenvalue weighted by Gasteiger charge is -2.22. The number of aliphatic hydroxyl groups excluding tert-OH is 1. The molecule has 0 radical (unpaired) electrons. The van der Waals surface area contributed by atoms with Crippen LogP contribution in [0, 0.1) is 0 Å². The summed E-state index contributed by atoms with van der Waals surface area (Å²) in [6.07, 6.45) is -0.159. The predicted octanol–water partition coefficient (Wildman–Crippen LogP) is 2.32. The number of nitrogens with zero attached hydrogens (tertiary/aromatic N) is 1. The third-order valence-corrected chi connectivity index (χ3v) is 3.77. The summed E-state index contributed by atoms with van der Waals surface area (Å²) in [7, 11) is 0. The van der Waals surface area contributed by atoms with Crippen LogP contribution in [0.4, 0.5) is 9.59 Å². The molecule has 176 valence electrons. The van der Waals surface area contributed by atoms with E-state index in [1.54, 1.807) is 41.5 Å². The van der Waals surface area contributed by atoms with Crippen LogP contribution in [0.2, 0.25) is 0 Å². The fourth-order valence-electron chi connectivity index (χ4n) is 2.50. The fraction of sp³-hybridized carbons (Fsp3) is 0.750. The smallest absolute Gasteiger partial charge is 0.439 e. The second kappa shape index (κ2) is 11.0. The van der Waals surface area contributed by atoms with Crippen molar-refractivity contribution in [3.63, 3.8) is 0 Å². The summed E-state index contributed by atoms with van der Waals surface area (Å²) in [6, 6.07) is -1.11. The Morgan fingerprint density at radius 3 is 2.10 bits per heavy atom. The van der Waals surface area contributed by atoms with Crippen molar-refractivity contribution in [1.29, 1.82) is 0 Å². The molecule has 3 amide bonds. The molecule has 1 atom stereocenters. The summed E-state index contributed by atoms with van der Waals surface area (Å²) in [6.45, 7) is 10.6. The van der Waals surface area contributed by atoms with Gasteiger partial charge in [0.15, 0.2) is 0 Å². The van der Waals surface area contributed by atoms with Gasteiger partial charge in [0.1, 0.15) is 17.2 Å². The Labute approximate surface area is 182 Å². The molecule has 3 N–H and O–H groups in total. The molecule has 1 aliphatic heterocycles. The third kappa shape index (κ3) is 10.7. The molecule has 0 saturated heterocycles. The van der Waals surface area contributed by atoms with Crippen molar-refractivity contribution in [2.75, 3.05) is 6.54 Å². The van der Waals surface area contributed by atoms with Crippen molar-refractivity contribution in [3.8, 4) is 0 Å². The molecule has 0 unspecified atom stereocenters. The highest BCUT2D eigenvalue weighted by molar-refractivity contribution is 5.87. The van der Waals surface area contributed by atoms with Gasteiger partial charge in [0.05, 0.1) is 17.6 Å². The minimum Gasteiger partial charge on any atom is -0.460 e. The van der Waals surface area contributed by atoms with E-state index < -0.39 is 41.3 Å². The zero-order valence-electron chi connectivity index (χ0n) is 19.1. The van der Waals surface area contributed by atoms with Crippen molar-refractivity contribution < 1.29 is 43.3 Å². The van der Waals surface area contributed by atoms with Gasteiger partial charge in [-0.25, -0.2) is 19.2 Å². The molecule has 1 aliphatic rings. The van der Waals surface area contributed by atoms with Gasteiger partial charge in [-0.2, -0.15) is 4.84 Å². The second-order valence-electron chi connectivity index (χ2n) is 9.14. The molecule has 0 bridgehead atoms. The summed E-state index contributed by atoms with van der Waals surface area (Å²) in [4.78, 5) is 53.0. The Hall–Kier alpha value is -2.85. The number of ether oxygens (including phenoxy) is 2. The van der Waals surface area contributed by atoms with E-state index in [0.29, 0.717) is 24.1 Å². The second-order valence-corrected chi connectivity index (χ2v) is 9.14. The van der Waals surface area contributed by atoms with E-state index in [9.17, 15) is 24.3 Å². The average molecular weight is 445 g/mol. The highest BCUT2D eigenvalue weighted by Crippen LogP contribution is 2.11. The van der Waals surface area contributed by atoms with Gasteiger partial charge in [0.25, 0.3) is 0 Å². The summed E-state index contributed by atoms with van der Waals surface area (Å²) in [5.74, 6) is -1.83. The number of carbonyl (C=O) groups excluding carboxylic acids is 4. The van der Waals surface area contributed by atoms with Gasteiger partial charge in [0.2, 0.25) is 0 Å². The molecule has 11 nitrogen and oxygen atoms in total. The van der Waals surface area contributed by atoms with E-state index in [-0.39, 0.29) is 25.2 Å². The van der Waals surface area contributed by atoms with Crippen LogP contribution in [-0.4, -0.2) is 63.6 Å². The maximum Gasteiger partial charge on any atom is 0.439 e. The number of amides is 3. The normalized spacial score (nSPS) is 15.4. The maximum atomic E-state index is 12.5. The third-order valence-electron chi connectivity index (χ3n) is 3.77. The first-order valence-electron chi connectivity index (χ1n) is 10.2. The minimum atomic E-state index is -1.11. The zero-order valence-corrected chi connectivity index (χ0v) is 19.1. The van der Waals surface area contributed by atoms with Gasteiger partial charge >= 0.3 is 30.0 Å². The molecule has 0 aromatic heterocycles. The molecule has 0 aliphatic carbocycles. The Bertz CT molecular complexity index is 719. The van der Waals surface area contributed by atoms with Gasteiger partial charge in [-0.15, -0.1) is 0 Å². The van der Waals surface area contributed by atoms with Gasteiger partial charge in [-0.3, -0.25) is 0 Å². The first-order chi connectivity index (χ1) is 14.2. The molecule has 0 aromatic carbocycles. The van der Waals surface area contributed by atoms with E-state index in [4.69, 9.17) is 14.3 Å². The monoisotopic (exact) mass is 444 g/mol. The molecule has 0 saturated carbocycles. The number of hydroxylamine groups is 1. The minimum absolute atomic E-state index is 0.0274. The van der Waals surface area contributed by atoms with E-state index >= 15 is 0 Å². The largest absolute Gasteiger partial charge is 0.460 e. The standard InChI is InChI=1S/C20H33N3O8/c1-19(2,3)29-17(27)21-12-8-7-9-13(22-18(28)30-20(4,5)6)16(26)31-23-14(24)10-11-15(23)25/h13H,7-12H2,1-6H3,(H2,21,22,27,28)/p+1/t13-/m0/s1. The van der Waals surface area contributed by atoms with Crippen molar-refractivity contribution in [2.24, 2.45) is 0 Å². The summed E-state index contributed by atoms with van der Waals surface area (Å²) >= 11 is 0. The first-order valence-corrected chi connectivity index (χ1v) is 10.2. The van der Waals surface area contributed by atoms with Crippen LogP contribution in [0.25, 0.3) is 0 Å². The summed E-state index contributed by atoms with van der Waals surface area (Å²) < 4.78 is 10.8. The highest BCUT2D eigenvalue weighted by atomic mass is 16.7. The van der Waals surface area contributed by atoms with Crippen LogP contribution in [0.5, 0.6) is 0 Å². The number of hydrogen-bond acceptors (Lipinski definition) is 7. The maximum absolute atomic E-state index is 12.5. The average Bonchev–Trinajstić information content (AvgIpc) is 2.89. The molecule has 0 spiro atoms. The number of nitrogens with one attached hydrogen (secondary N) is 2. The summed E-state index contributed by atoms with van der Waals surface area (Å²) in [5.41, 5.74) is -1.38. The highest BCUT2D eigenvalue weighted by Gasteiger charge is 2.39. The molecule has 1 rings (SSSR count). The Morgan fingerprint density at radius 1 is 1.00 bits per heavy atom. The number of hydrogen-bond donors (Lipinski definition) is 3. The zero-order chi connectivity index (χ0) is 23.8. The summed E-state index contributed by atoms with van der Waals surface area (Å²) in [5, 5.41) is 14.7. The lowest BCUT2D eigenvalue weighted by molar-refractivity contribution is -0.694. The molecule has 0 fully saturated rings. The Balaban J connectivity index is 2.63. The van der Waals surface area contributed by atoms with Crippen LogP contribution in [-0.2, 0) is 23.9 Å². The molecule has 31 heavy (non-hydrogen) atoms. The Morgan fingerprint density at radius 2 is 1.58 bits per heavy atom. The van der Waals surface area contributed by atoms with Crippen LogP contribution < -0.4 is 10.6 Å². The van der Waals surface area contributed by atoms with E-state index in [2.05, 4.69) is 10.6 Å². The molecule has 0 aromatic rings. The number of aliphatic hydroxyl groups is 1. The van der Waals surface area contributed by atoms with Gasteiger partial charge in [0, 0.05) is 6.54 Å². The van der Waals surface area contributed by atoms with E-state index in [0.717, 1.165) is 0 Å². The van der Waals surface area contributed by atoms with E-state index in [1.807, 2.05) is 0 Å². The van der Waals surface area contributed by atoms with Crippen molar-refractivity contribution >= 4 is 30.0 Å². The predicted molar refractivity (Wildman–Crippen MR) is 109 cm³/mol. The number of alkyl carbamates (subject to hydrolysis) is 2. The van der Waals surface area contributed by atoms with Gasteiger partial charge in [-0.1, -0.05) is 0 Å². The molecular formula is C20H34N3O8+. The molecule has 11 heteroatoms. The van der Waals surface area contributed by atoms with E-state index in [1.165, 1.54) is 0 Å². The molecule has 1 heterocycles. The number of carbonyl (C=O) groups is 4. The molecular weight excluding hydrogens is 410 g/mol. The fourth-order valence-corrected chi connectivity index (χ4v) is 2.50. The van der Waals surface area contributed by atoms with Crippen molar-refractivity contribution in [2.45, 2.75) is 90.9 Å². The van der Waals surface area contributed by atoms with Crippen molar-refractivity contribution in [3.05, 3.63) is 0 Å². The first kappa shape index (κ1) is 26.2. The van der Waals surface area contributed by atoms with Crippen LogP contribution in [0.3, 0.4) is 0 Å². The SMILES string of the molecule is CC(C)(C)OC(=O)NCCCC[C@H](NC(=O)OC(C)(C)C)C(=O)O[N+]1=C(O)CCC1=O.